The van der Waals surface area contributed by atoms with Crippen LogP contribution in [0.25, 0.3) is 6.08 Å². The molecule has 0 aliphatic heterocycles. The van der Waals surface area contributed by atoms with E-state index < -0.39 is 0 Å². The van der Waals surface area contributed by atoms with Gasteiger partial charge in [0.1, 0.15) is 0 Å². The second-order valence-corrected chi connectivity index (χ2v) is 12.6. The summed E-state index contributed by atoms with van der Waals surface area (Å²) in [5, 5.41) is 17.7. The third kappa shape index (κ3) is 5.10. The van der Waals surface area contributed by atoms with Gasteiger partial charge in [0.05, 0.1) is 11.9 Å². The summed E-state index contributed by atoms with van der Waals surface area (Å²) in [4.78, 5) is 12.2. The number of fused-ring (bicyclic) bond motifs is 4. The Hall–Kier alpha value is -3.37. The summed E-state index contributed by atoms with van der Waals surface area (Å²) in [6, 6.07) is 17.3. The first-order valence-electron chi connectivity index (χ1n) is 15.0. The van der Waals surface area contributed by atoms with Crippen molar-refractivity contribution in [1.82, 2.24) is 5.32 Å². The summed E-state index contributed by atoms with van der Waals surface area (Å²) in [6.45, 7) is 9.18. The number of anilines is 1. The van der Waals surface area contributed by atoms with Crippen LogP contribution in [0.2, 0.25) is 0 Å². The molecule has 0 radical (unpaired) electrons. The number of nitrogens with one attached hydrogen (secondary N) is 2. The minimum absolute atomic E-state index is 0.0374. The van der Waals surface area contributed by atoms with E-state index in [1.807, 2.05) is 6.08 Å². The molecule has 2 aromatic rings. The van der Waals surface area contributed by atoms with Crippen molar-refractivity contribution in [2.45, 2.75) is 70.8 Å². The molecule has 4 nitrogen and oxygen atoms in total. The van der Waals surface area contributed by atoms with Gasteiger partial charge in [-0.15, -0.1) is 0 Å². The van der Waals surface area contributed by atoms with Crippen LogP contribution in [0.3, 0.4) is 0 Å². The maximum Gasteiger partial charge on any atom is 0.156 e. The lowest BCUT2D eigenvalue weighted by Crippen LogP contribution is -2.45. The molecule has 4 aliphatic carbocycles. The van der Waals surface area contributed by atoms with Crippen LogP contribution < -0.4 is 10.6 Å². The number of benzene rings is 2. The molecular formula is C36H42N2O2. The summed E-state index contributed by atoms with van der Waals surface area (Å²) in [7, 11) is 0. The average Bonchev–Trinajstić information content (AvgIpc) is 3.25. The summed E-state index contributed by atoms with van der Waals surface area (Å²) in [5.41, 5.74) is 9.09. The van der Waals surface area contributed by atoms with E-state index in [9.17, 15) is 9.90 Å². The molecule has 208 valence electrons. The summed E-state index contributed by atoms with van der Waals surface area (Å²) in [5.74, 6) is 2.43. The van der Waals surface area contributed by atoms with Crippen molar-refractivity contribution < 1.29 is 9.90 Å². The molecule has 0 bridgehead atoms. The van der Waals surface area contributed by atoms with Crippen LogP contribution in [0.15, 0.2) is 89.8 Å². The first kappa shape index (κ1) is 26.8. The van der Waals surface area contributed by atoms with Gasteiger partial charge in [-0.05, 0) is 103 Å². The van der Waals surface area contributed by atoms with Crippen molar-refractivity contribution in [3.63, 3.8) is 0 Å². The summed E-state index contributed by atoms with van der Waals surface area (Å²) >= 11 is 0. The van der Waals surface area contributed by atoms with Crippen LogP contribution in [0, 0.1) is 24.2 Å². The molecule has 2 aromatic carbocycles. The highest BCUT2D eigenvalue weighted by Gasteiger charge is 2.56. The molecule has 0 heterocycles. The van der Waals surface area contributed by atoms with E-state index in [0.29, 0.717) is 30.7 Å². The number of carbonyl (C=O) groups excluding carboxylic acids is 1. The van der Waals surface area contributed by atoms with Crippen LogP contribution in [-0.4, -0.2) is 23.5 Å². The molecule has 2 saturated carbocycles. The fraction of sp³-hybridized carbons (Fsp3) is 0.417. The van der Waals surface area contributed by atoms with E-state index in [1.54, 1.807) is 5.57 Å². The fourth-order valence-corrected chi connectivity index (χ4v) is 8.00. The largest absolute Gasteiger partial charge is 0.393 e. The fourth-order valence-electron chi connectivity index (χ4n) is 8.00. The first-order chi connectivity index (χ1) is 19.3. The van der Waals surface area contributed by atoms with Gasteiger partial charge in [-0.3, -0.25) is 4.79 Å². The highest BCUT2D eigenvalue weighted by atomic mass is 16.3. The van der Waals surface area contributed by atoms with E-state index in [4.69, 9.17) is 0 Å². The Morgan fingerprint density at radius 3 is 2.60 bits per heavy atom. The molecule has 0 spiro atoms. The van der Waals surface area contributed by atoms with E-state index >= 15 is 0 Å². The molecule has 3 N–H and O–H groups in total. The number of rotatable bonds is 7. The Balaban J connectivity index is 1.18. The predicted molar refractivity (Wildman–Crippen MR) is 164 cm³/mol. The van der Waals surface area contributed by atoms with Crippen molar-refractivity contribution in [3.05, 3.63) is 106 Å². The van der Waals surface area contributed by atoms with Gasteiger partial charge in [0, 0.05) is 24.6 Å². The quantitative estimate of drug-likeness (QED) is 0.345. The number of aliphatic hydroxyl groups is 1. The van der Waals surface area contributed by atoms with Crippen LogP contribution in [0.4, 0.5) is 5.69 Å². The van der Waals surface area contributed by atoms with Crippen molar-refractivity contribution >= 4 is 17.5 Å². The molecule has 0 saturated heterocycles. The van der Waals surface area contributed by atoms with E-state index in [-0.39, 0.29) is 17.3 Å². The van der Waals surface area contributed by atoms with Gasteiger partial charge in [0.25, 0.3) is 0 Å². The molecule has 0 aromatic heterocycles. The lowest BCUT2D eigenvalue weighted by atomic mass is 9.53. The van der Waals surface area contributed by atoms with Crippen molar-refractivity contribution in [3.8, 4) is 0 Å². The van der Waals surface area contributed by atoms with Gasteiger partial charge in [-0.25, -0.2) is 0 Å². The molecule has 40 heavy (non-hydrogen) atoms. The van der Waals surface area contributed by atoms with Gasteiger partial charge in [0.15, 0.2) is 5.78 Å². The normalized spacial score (nSPS) is 29.5. The van der Waals surface area contributed by atoms with Crippen LogP contribution in [-0.2, 0) is 4.79 Å². The second kappa shape index (κ2) is 10.9. The summed E-state index contributed by atoms with van der Waals surface area (Å²) in [6.07, 6.45) is 12.6. The number of aryl methyl sites for hydroxylation is 1. The van der Waals surface area contributed by atoms with Crippen LogP contribution in [0.1, 0.15) is 74.5 Å². The molecular weight excluding hydrogens is 492 g/mol. The Morgan fingerprint density at radius 2 is 1.82 bits per heavy atom. The highest BCUT2D eigenvalue weighted by molar-refractivity contribution is 5.93. The Kier molecular flexibility index (Phi) is 7.31. The SMILES string of the molecule is C=C(NC/C=C/c1ccc(C2CC3(C)C(O)CCC3C3CCC4=CC(=O)CCC4=C23)cc1)Nc1ccc(C)cc1. The maximum absolute atomic E-state index is 12.2. The number of hydrogen-bond donors (Lipinski definition) is 3. The van der Waals surface area contributed by atoms with Gasteiger partial charge in [-0.1, -0.05) is 73.2 Å². The first-order valence-corrected chi connectivity index (χ1v) is 15.0. The average molecular weight is 535 g/mol. The van der Waals surface area contributed by atoms with E-state index in [0.717, 1.165) is 50.0 Å². The second-order valence-electron chi connectivity index (χ2n) is 12.6. The lowest BCUT2D eigenvalue weighted by molar-refractivity contribution is -0.114. The topological polar surface area (TPSA) is 61.4 Å². The van der Waals surface area contributed by atoms with E-state index in [2.05, 4.69) is 91.7 Å². The standard InChI is InChI=1S/C36H42N2O2/c1-23-6-13-28(14-7-23)38-24(2)37-20-4-5-25-8-10-26(11-9-25)32-22-36(3)33(18-19-34(36)40)31-16-12-27-21-29(39)15-17-30(27)35(31)32/h4-11,13-14,21,31-34,37-38,40H,2,12,15-20,22H2,1,3H3/b5-4+. The number of ketones is 1. The zero-order valence-electron chi connectivity index (χ0n) is 23.9. The number of allylic oxidation sites excluding steroid dienone is 4. The Morgan fingerprint density at radius 1 is 1.05 bits per heavy atom. The third-order valence-corrected chi connectivity index (χ3v) is 10.1. The van der Waals surface area contributed by atoms with Crippen molar-refractivity contribution in [2.75, 3.05) is 11.9 Å². The zero-order valence-corrected chi connectivity index (χ0v) is 23.9. The maximum atomic E-state index is 12.2. The van der Waals surface area contributed by atoms with Gasteiger partial charge >= 0.3 is 0 Å². The summed E-state index contributed by atoms with van der Waals surface area (Å²) < 4.78 is 0. The third-order valence-electron chi connectivity index (χ3n) is 10.1. The molecule has 4 heteroatoms. The molecule has 0 amide bonds. The van der Waals surface area contributed by atoms with Gasteiger partial charge < -0.3 is 15.7 Å². The number of aliphatic hydroxyl groups excluding tert-OH is 1. The monoisotopic (exact) mass is 534 g/mol. The smallest absolute Gasteiger partial charge is 0.156 e. The predicted octanol–water partition coefficient (Wildman–Crippen LogP) is 7.44. The van der Waals surface area contributed by atoms with Gasteiger partial charge in [0.2, 0.25) is 0 Å². The molecule has 5 unspecified atom stereocenters. The minimum Gasteiger partial charge on any atom is -0.393 e. The number of carbonyl (C=O) groups is 1. The van der Waals surface area contributed by atoms with Crippen LogP contribution >= 0.6 is 0 Å². The molecule has 2 fully saturated rings. The van der Waals surface area contributed by atoms with E-state index in [1.165, 1.54) is 27.8 Å². The molecule has 4 aliphatic rings. The minimum atomic E-state index is -0.221. The Bertz CT molecular complexity index is 1380. The number of hydrogen-bond acceptors (Lipinski definition) is 4. The Labute approximate surface area is 239 Å². The molecule has 6 rings (SSSR count). The van der Waals surface area contributed by atoms with Crippen molar-refractivity contribution in [2.24, 2.45) is 17.3 Å². The lowest BCUT2D eigenvalue weighted by Gasteiger charge is -2.52. The van der Waals surface area contributed by atoms with Crippen molar-refractivity contribution in [1.29, 1.82) is 0 Å². The van der Waals surface area contributed by atoms with Gasteiger partial charge in [-0.2, -0.15) is 0 Å². The molecule has 5 atom stereocenters. The zero-order chi connectivity index (χ0) is 27.9. The highest BCUT2D eigenvalue weighted by Crippen LogP contribution is 2.63. The van der Waals surface area contributed by atoms with Crippen LogP contribution in [0.5, 0.6) is 0 Å².